The number of likely N-dealkylation sites (tertiary alicyclic amines) is 1. The molecule has 0 aliphatic carbocycles. The molecule has 0 unspecified atom stereocenters. The van der Waals surface area contributed by atoms with Crippen molar-refractivity contribution < 1.29 is 44.4 Å². The zero-order valence-electron chi connectivity index (χ0n) is 24.9. The quantitative estimate of drug-likeness (QED) is 0.0902. The molecule has 9 N–H and O–H groups in total. The molecule has 4 amide bonds. The van der Waals surface area contributed by atoms with Crippen molar-refractivity contribution in [2.75, 3.05) is 32.0 Å². The van der Waals surface area contributed by atoms with E-state index in [0.29, 0.717) is 11.1 Å². The van der Waals surface area contributed by atoms with Gasteiger partial charge in [-0.05, 0) is 35.4 Å². The van der Waals surface area contributed by atoms with Gasteiger partial charge < -0.3 is 47.0 Å². The summed E-state index contributed by atoms with van der Waals surface area (Å²) in [6, 6.07) is 8.63. The van der Waals surface area contributed by atoms with E-state index in [4.69, 9.17) is 5.73 Å². The SMILES string of the molecule is CC(C)(CO)[C@@H](O)C(=O)NCCC(=O)NCCSC(=O)[C@@H](c1ccc(O)cc1)N1C[C@H](NC(=O)[C@H](N)c2ccc(O)cc2)C1=O. The highest BCUT2D eigenvalue weighted by Crippen LogP contribution is 2.32. The number of nitrogens with zero attached hydrogens (tertiary/aromatic N) is 1. The van der Waals surface area contributed by atoms with E-state index in [1.807, 2.05) is 0 Å². The Kier molecular flexibility index (Phi) is 12.3. The number of hydrogen-bond acceptors (Lipinski definition) is 11. The van der Waals surface area contributed by atoms with Crippen molar-refractivity contribution in [1.29, 1.82) is 0 Å². The minimum Gasteiger partial charge on any atom is -0.508 e. The Labute approximate surface area is 264 Å². The molecular weight excluding hydrogens is 606 g/mol. The highest BCUT2D eigenvalue weighted by atomic mass is 32.2. The molecule has 1 heterocycles. The number of carbonyl (C=O) groups is 5. The van der Waals surface area contributed by atoms with Crippen LogP contribution < -0.4 is 21.7 Å². The fourth-order valence-corrected chi connectivity index (χ4v) is 5.16. The predicted octanol–water partition coefficient (Wildman–Crippen LogP) is -0.572. The lowest BCUT2D eigenvalue weighted by atomic mass is 9.87. The Morgan fingerprint density at radius 1 is 0.956 bits per heavy atom. The summed E-state index contributed by atoms with van der Waals surface area (Å²) in [5.41, 5.74) is 5.87. The van der Waals surface area contributed by atoms with Crippen LogP contribution in [0.2, 0.25) is 0 Å². The molecule has 0 aromatic heterocycles. The van der Waals surface area contributed by atoms with Crippen molar-refractivity contribution in [1.82, 2.24) is 20.9 Å². The number of phenols is 2. The summed E-state index contributed by atoms with van der Waals surface area (Å²) in [6.07, 6.45) is -1.51. The summed E-state index contributed by atoms with van der Waals surface area (Å²) < 4.78 is 0. The minimum atomic E-state index is -1.44. The Morgan fingerprint density at radius 2 is 1.53 bits per heavy atom. The number of phenolic OH excluding ortho intramolecular Hbond substituents is 2. The van der Waals surface area contributed by atoms with Crippen molar-refractivity contribution in [2.45, 2.75) is 44.5 Å². The first-order chi connectivity index (χ1) is 21.2. The van der Waals surface area contributed by atoms with Crippen molar-refractivity contribution >= 4 is 40.5 Å². The molecule has 0 bridgehead atoms. The first kappa shape index (κ1) is 35.3. The van der Waals surface area contributed by atoms with Gasteiger partial charge in [0.1, 0.15) is 35.7 Å². The number of hydrogen-bond donors (Lipinski definition) is 8. The maximum atomic E-state index is 13.3. The fourth-order valence-electron chi connectivity index (χ4n) is 4.33. The van der Waals surface area contributed by atoms with E-state index in [0.717, 1.165) is 11.8 Å². The van der Waals surface area contributed by atoms with E-state index in [9.17, 15) is 44.4 Å². The molecule has 244 valence electrons. The third-order valence-corrected chi connectivity index (χ3v) is 8.19. The number of rotatable bonds is 15. The topological polar surface area (TPSA) is 232 Å². The zero-order valence-corrected chi connectivity index (χ0v) is 25.8. The van der Waals surface area contributed by atoms with Gasteiger partial charge in [-0.3, -0.25) is 24.0 Å². The van der Waals surface area contributed by atoms with Crippen molar-refractivity contribution in [3.8, 4) is 11.5 Å². The maximum absolute atomic E-state index is 13.3. The fraction of sp³-hybridized carbons (Fsp3) is 0.433. The van der Waals surface area contributed by atoms with Crippen LogP contribution in [0.25, 0.3) is 0 Å². The number of β-lactam (4-membered cyclic amide) rings is 1. The second kappa shape index (κ2) is 15.7. The predicted molar refractivity (Wildman–Crippen MR) is 165 cm³/mol. The van der Waals surface area contributed by atoms with Crippen LogP contribution in [0, 0.1) is 5.41 Å². The van der Waals surface area contributed by atoms with Crippen molar-refractivity contribution in [3.05, 3.63) is 59.7 Å². The number of aliphatic hydroxyl groups is 2. The van der Waals surface area contributed by atoms with Gasteiger partial charge in [-0.25, -0.2) is 0 Å². The molecule has 1 saturated heterocycles. The number of thioether (sulfide) groups is 1. The van der Waals surface area contributed by atoms with Crippen LogP contribution >= 0.6 is 11.8 Å². The van der Waals surface area contributed by atoms with Gasteiger partial charge in [-0.2, -0.15) is 0 Å². The highest BCUT2D eigenvalue weighted by molar-refractivity contribution is 8.13. The first-order valence-electron chi connectivity index (χ1n) is 14.2. The number of nitrogens with one attached hydrogen (secondary N) is 3. The lowest BCUT2D eigenvalue weighted by Gasteiger charge is -2.43. The van der Waals surface area contributed by atoms with Crippen LogP contribution in [0.15, 0.2) is 48.5 Å². The van der Waals surface area contributed by atoms with E-state index in [1.54, 1.807) is 0 Å². The molecule has 0 spiro atoms. The number of benzene rings is 2. The number of amides is 4. The van der Waals surface area contributed by atoms with Crippen LogP contribution in [0.4, 0.5) is 0 Å². The molecule has 2 aromatic carbocycles. The van der Waals surface area contributed by atoms with E-state index in [1.165, 1.54) is 67.3 Å². The molecule has 3 rings (SSSR count). The Hall–Kier alpha value is -4.18. The Morgan fingerprint density at radius 3 is 2.09 bits per heavy atom. The lowest BCUT2D eigenvalue weighted by Crippen LogP contribution is -2.65. The standard InChI is InChI=1S/C30H39N5O9S/c1-30(2,16-36)25(40)27(42)33-12-11-22(39)32-13-14-45-29(44)24(18-5-9-20(38)10-6-18)35-15-21(28(35)43)34-26(41)23(31)17-3-7-19(37)8-4-17/h3-10,21,23-25,36-38,40H,11-16,31H2,1-2H3,(H,32,39)(H,33,42)(H,34,41)/t21-,23+,24+,25-/m0/s1. The van der Waals surface area contributed by atoms with Crippen LogP contribution in [0.3, 0.4) is 0 Å². The molecular formula is C30H39N5O9S. The average molecular weight is 646 g/mol. The third-order valence-electron chi connectivity index (χ3n) is 7.27. The van der Waals surface area contributed by atoms with Gasteiger partial charge in [0.15, 0.2) is 0 Å². The largest absolute Gasteiger partial charge is 0.508 e. The Bertz CT molecular complexity index is 1370. The highest BCUT2D eigenvalue weighted by Gasteiger charge is 2.45. The molecule has 1 aliphatic heterocycles. The second-order valence-electron chi connectivity index (χ2n) is 11.2. The van der Waals surface area contributed by atoms with Crippen LogP contribution in [0.1, 0.15) is 43.5 Å². The van der Waals surface area contributed by atoms with Gasteiger partial charge in [0.25, 0.3) is 0 Å². The van der Waals surface area contributed by atoms with Gasteiger partial charge in [-0.1, -0.05) is 49.9 Å². The van der Waals surface area contributed by atoms with Gasteiger partial charge in [0.2, 0.25) is 28.7 Å². The molecule has 0 radical (unpaired) electrons. The second-order valence-corrected chi connectivity index (χ2v) is 12.3. The summed E-state index contributed by atoms with van der Waals surface area (Å²) in [5, 5.41) is 45.7. The van der Waals surface area contributed by atoms with Gasteiger partial charge in [0.05, 0.1) is 13.2 Å². The molecule has 0 saturated carbocycles. The van der Waals surface area contributed by atoms with Crippen LogP contribution in [-0.4, -0.2) is 98.2 Å². The Balaban J connectivity index is 1.50. The summed E-state index contributed by atoms with van der Waals surface area (Å²) in [7, 11) is 0. The summed E-state index contributed by atoms with van der Waals surface area (Å²) in [6.45, 7) is 2.78. The normalized spacial score (nSPS) is 16.6. The van der Waals surface area contributed by atoms with Crippen LogP contribution in [-0.2, 0) is 24.0 Å². The molecule has 45 heavy (non-hydrogen) atoms. The summed E-state index contributed by atoms with van der Waals surface area (Å²) >= 11 is 0.897. The molecule has 2 aromatic rings. The number of aliphatic hydroxyl groups excluding tert-OH is 2. The van der Waals surface area contributed by atoms with Crippen molar-refractivity contribution in [3.63, 3.8) is 0 Å². The van der Waals surface area contributed by atoms with E-state index < -0.39 is 59.9 Å². The number of nitrogens with two attached hydrogens (primary N) is 1. The van der Waals surface area contributed by atoms with E-state index in [2.05, 4.69) is 16.0 Å². The van der Waals surface area contributed by atoms with Crippen LogP contribution in [0.5, 0.6) is 11.5 Å². The van der Waals surface area contributed by atoms with Gasteiger partial charge >= 0.3 is 0 Å². The van der Waals surface area contributed by atoms with Crippen molar-refractivity contribution in [2.24, 2.45) is 11.1 Å². The minimum absolute atomic E-state index is 0.0170. The van der Waals surface area contributed by atoms with E-state index in [-0.39, 0.29) is 48.4 Å². The zero-order chi connectivity index (χ0) is 33.3. The maximum Gasteiger partial charge on any atom is 0.249 e. The third kappa shape index (κ3) is 9.41. The molecule has 15 heteroatoms. The van der Waals surface area contributed by atoms with E-state index >= 15 is 0 Å². The number of aromatic hydroxyl groups is 2. The molecule has 1 aliphatic rings. The molecule has 14 nitrogen and oxygen atoms in total. The summed E-state index contributed by atoms with van der Waals surface area (Å²) in [4.78, 5) is 64.5. The summed E-state index contributed by atoms with van der Waals surface area (Å²) in [5.74, 6) is -2.01. The smallest absolute Gasteiger partial charge is 0.249 e. The monoisotopic (exact) mass is 645 g/mol. The van der Waals surface area contributed by atoms with Gasteiger partial charge in [-0.15, -0.1) is 0 Å². The number of carbonyl (C=O) groups excluding carboxylic acids is 5. The average Bonchev–Trinajstić information content (AvgIpc) is 3.02. The van der Waals surface area contributed by atoms with Gasteiger partial charge in [0, 0.05) is 30.7 Å². The first-order valence-corrected chi connectivity index (χ1v) is 15.2. The molecule has 1 fully saturated rings. The lowest BCUT2D eigenvalue weighted by molar-refractivity contribution is -0.152. The molecule has 4 atom stereocenters.